The average Bonchev–Trinajstić information content (AvgIpc) is 2.92. The van der Waals surface area contributed by atoms with E-state index >= 15 is 0 Å². The van der Waals surface area contributed by atoms with Crippen LogP contribution in [0.2, 0.25) is 0 Å². The predicted octanol–water partition coefficient (Wildman–Crippen LogP) is 2.19. The molecule has 0 amide bonds. The van der Waals surface area contributed by atoms with E-state index in [4.69, 9.17) is 4.74 Å². The van der Waals surface area contributed by atoms with Crippen LogP contribution in [-0.2, 0) is 6.42 Å². The van der Waals surface area contributed by atoms with Crippen LogP contribution in [0.1, 0.15) is 30.9 Å². The Morgan fingerprint density at radius 2 is 2.09 bits per heavy atom. The lowest BCUT2D eigenvalue weighted by Gasteiger charge is -2.04. The first-order valence-electron chi connectivity index (χ1n) is 7.41. The summed E-state index contributed by atoms with van der Waals surface area (Å²) < 4.78 is 6.77. The predicted molar refractivity (Wildman–Crippen MR) is 83.3 cm³/mol. The fraction of sp³-hybridized carbons (Fsp3) is 0.312. The molecule has 0 radical (unpaired) electrons. The topological polar surface area (TPSA) is 72.3 Å². The highest BCUT2D eigenvalue weighted by atomic mass is 16.5. The minimum absolute atomic E-state index is 0.251. The van der Waals surface area contributed by atoms with Gasteiger partial charge in [0.2, 0.25) is 0 Å². The highest BCUT2D eigenvalue weighted by Crippen LogP contribution is 2.14. The molecule has 2 aromatic heterocycles. The number of rotatable bonds is 6. The number of hydrogen-bond donors (Lipinski definition) is 1. The molecule has 1 N–H and O–H groups in total. The minimum atomic E-state index is -0.337. The number of nitrogens with one attached hydrogen (secondary N) is 1. The van der Waals surface area contributed by atoms with E-state index < -0.39 is 0 Å². The quantitative estimate of drug-likeness (QED) is 0.708. The van der Waals surface area contributed by atoms with Gasteiger partial charge in [-0.05, 0) is 12.0 Å². The van der Waals surface area contributed by atoms with Crippen LogP contribution in [0.15, 0.2) is 41.3 Å². The molecule has 1 aromatic carbocycles. The number of aromatic nitrogens is 4. The summed E-state index contributed by atoms with van der Waals surface area (Å²) in [5, 5.41) is 4.11. The number of nitrogens with zero attached hydrogens (tertiary/aromatic N) is 3. The summed E-state index contributed by atoms with van der Waals surface area (Å²) in [4.78, 5) is 19.0. The molecule has 2 heterocycles. The molecular weight excluding hydrogens is 280 g/mol. The maximum atomic E-state index is 12.0. The molecule has 22 heavy (non-hydrogen) atoms. The molecule has 0 aliphatic carbocycles. The molecule has 114 valence electrons. The number of hydrogen-bond acceptors (Lipinski definition) is 4. The van der Waals surface area contributed by atoms with Crippen molar-refractivity contribution in [2.24, 2.45) is 0 Å². The highest BCUT2D eigenvalue weighted by Gasteiger charge is 2.11. The molecule has 0 spiro atoms. The zero-order valence-corrected chi connectivity index (χ0v) is 12.5. The lowest BCUT2D eigenvalue weighted by Crippen LogP contribution is -2.20. The Morgan fingerprint density at radius 3 is 2.86 bits per heavy atom. The van der Waals surface area contributed by atoms with E-state index in [0.717, 1.165) is 24.0 Å². The Morgan fingerprint density at radius 1 is 1.27 bits per heavy atom. The van der Waals surface area contributed by atoms with Crippen LogP contribution in [0.25, 0.3) is 5.65 Å². The highest BCUT2D eigenvalue weighted by molar-refractivity contribution is 5.48. The van der Waals surface area contributed by atoms with Gasteiger partial charge in [0.05, 0.1) is 12.8 Å². The van der Waals surface area contributed by atoms with Gasteiger partial charge in [-0.25, -0.2) is 4.79 Å². The SMILES string of the molecule is CCCCOc1nc2c(Cc3ccccc3)cnn2c(=O)[nH]1. The van der Waals surface area contributed by atoms with Crippen molar-refractivity contribution in [3.05, 3.63) is 58.1 Å². The fourth-order valence-corrected chi connectivity index (χ4v) is 2.23. The first-order chi connectivity index (χ1) is 10.8. The molecule has 6 nitrogen and oxygen atoms in total. The minimum Gasteiger partial charge on any atom is -0.465 e. The van der Waals surface area contributed by atoms with E-state index in [9.17, 15) is 4.79 Å². The van der Waals surface area contributed by atoms with Gasteiger partial charge < -0.3 is 4.74 Å². The van der Waals surface area contributed by atoms with E-state index in [-0.39, 0.29) is 11.7 Å². The van der Waals surface area contributed by atoms with Crippen molar-refractivity contribution < 1.29 is 4.74 Å². The van der Waals surface area contributed by atoms with E-state index in [1.165, 1.54) is 4.52 Å². The number of benzene rings is 1. The van der Waals surface area contributed by atoms with Crippen LogP contribution < -0.4 is 10.4 Å². The molecule has 0 atom stereocenters. The number of unbranched alkanes of at least 4 members (excludes halogenated alkanes) is 1. The summed E-state index contributed by atoms with van der Waals surface area (Å²) in [5.74, 6) is 0. The van der Waals surface area contributed by atoms with Gasteiger partial charge in [-0.15, -0.1) is 0 Å². The molecule has 0 unspecified atom stereocenters. The standard InChI is InChI=1S/C16H18N4O2/c1-2-3-9-22-15-18-14-13(10-12-7-5-4-6-8-12)11-17-20(14)16(21)19-15/h4-8,11H,2-3,9-10H2,1H3,(H,18,19,21). The maximum Gasteiger partial charge on any atom is 0.352 e. The number of ether oxygens (including phenoxy) is 1. The zero-order valence-electron chi connectivity index (χ0n) is 12.5. The number of aromatic amines is 1. The monoisotopic (exact) mass is 298 g/mol. The molecular formula is C16H18N4O2. The van der Waals surface area contributed by atoms with Gasteiger partial charge in [-0.3, -0.25) is 4.98 Å². The van der Waals surface area contributed by atoms with E-state index in [0.29, 0.717) is 18.7 Å². The summed E-state index contributed by atoms with van der Waals surface area (Å²) in [6.07, 6.45) is 4.30. The van der Waals surface area contributed by atoms with Crippen LogP contribution in [0.5, 0.6) is 6.01 Å². The molecule has 6 heteroatoms. The van der Waals surface area contributed by atoms with Crippen LogP contribution in [0.3, 0.4) is 0 Å². The normalized spacial score (nSPS) is 11.0. The van der Waals surface area contributed by atoms with Crippen molar-refractivity contribution in [2.45, 2.75) is 26.2 Å². The molecule has 0 aliphatic rings. The second kappa shape index (κ2) is 6.43. The fourth-order valence-electron chi connectivity index (χ4n) is 2.23. The summed E-state index contributed by atoms with van der Waals surface area (Å²) in [7, 11) is 0. The Hall–Kier alpha value is -2.63. The third kappa shape index (κ3) is 3.00. The third-order valence-electron chi connectivity index (χ3n) is 3.40. The van der Waals surface area contributed by atoms with Gasteiger partial charge in [0, 0.05) is 12.0 Å². The second-order valence-corrected chi connectivity index (χ2v) is 5.12. The summed E-state index contributed by atoms with van der Waals surface area (Å²) in [6, 6.07) is 10.3. The summed E-state index contributed by atoms with van der Waals surface area (Å²) >= 11 is 0. The molecule has 0 saturated heterocycles. The van der Waals surface area contributed by atoms with Gasteiger partial charge in [-0.2, -0.15) is 14.6 Å². The van der Waals surface area contributed by atoms with E-state index in [1.54, 1.807) is 6.20 Å². The second-order valence-electron chi connectivity index (χ2n) is 5.12. The van der Waals surface area contributed by atoms with E-state index in [2.05, 4.69) is 22.0 Å². The maximum absolute atomic E-state index is 12.0. The largest absolute Gasteiger partial charge is 0.465 e. The summed E-state index contributed by atoms with van der Waals surface area (Å²) in [6.45, 7) is 2.62. The summed E-state index contributed by atoms with van der Waals surface area (Å²) in [5.41, 5.74) is 2.25. The first-order valence-corrected chi connectivity index (χ1v) is 7.41. The van der Waals surface area contributed by atoms with Crippen molar-refractivity contribution in [3.63, 3.8) is 0 Å². The Bertz CT molecular complexity index is 808. The Labute approximate surface area is 127 Å². The van der Waals surface area contributed by atoms with Crippen molar-refractivity contribution in [1.29, 1.82) is 0 Å². The van der Waals surface area contributed by atoms with Crippen LogP contribution in [-0.4, -0.2) is 26.2 Å². The van der Waals surface area contributed by atoms with Gasteiger partial charge in [0.15, 0.2) is 5.65 Å². The van der Waals surface area contributed by atoms with Gasteiger partial charge in [0.1, 0.15) is 0 Å². The molecule has 0 fully saturated rings. The average molecular weight is 298 g/mol. The lowest BCUT2D eigenvalue weighted by atomic mass is 10.1. The van der Waals surface area contributed by atoms with E-state index in [1.807, 2.05) is 30.3 Å². The van der Waals surface area contributed by atoms with Crippen molar-refractivity contribution in [1.82, 2.24) is 19.6 Å². The van der Waals surface area contributed by atoms with Gasteiger partial charge in [0.25, 0.3) is 6.01 Å². The van der Waals surface area contributed by atoms with Crippen LogP contribution in [0, 0.1) is 0 Å². The molecule has 0 saturated carbocycles. The number of fused-ring (bicyclic) bond motifs is 1. The van der Waals surface area contributed by atoms with Crippen LogP contribution >= 0.6 is 0 Å². The van der Waals surface area contributed by atoms with Crippen molar-refractivity contribution in [2.75, 3.05) is 6.61 Å². The Balaban J connectivity index is 1.92. The smallest absolute Gasteiger partial charge is 0.352 e. The van der Waals surface area contributed by atoms with Crippen molar-refractivity contribution in [3.8, 4) is 6.01 Å². The Kier molecular flexibility index (Phi) is 4.18. The third-order valence-corrected chi connectivity index (χ3v) is 3.40. The molecule has 0 aliphatic heterocycles. The molecule has 3 rings (SSSR count). The van der Waals surface area contributed by atoms with Crippen molar-refractivity contribution >= 4 is 5.65 Å². The zero-order chi connectivity index (χ0) is 15.4. The molecule has 0 bridgehead atoms. The lowest BCUT2D eigenvalue weighted by molar-refractivity contribution is 0.283. The van der Waals surface area contributed by atoms with Crippen LogP contribution in [0.4, 0.5) is 0 Å². The number of H-pyrrole nitrogens is 1. The molecule has 3 aromatic rings. The first kappa shape index (κ1) is 14.3. The van der Waals surface area contributed by atoms with Gasteiger partial charge >= 0.3 is 5.69 Å². The van der Waals surface area contributed by atoms with Gasteiger partial charge in [-0.1, -0.05) is 43.7 Å².